The standard InChI is InChI=1S/C14H16BrClN2/c15-14-13(16)6-12(8-18-14)10-2-1-9-3-4-17-7-11(9)5-10/h2,6,8-9,11,17H,1,3-5,7H2. The Hall–Kier alpha value is -0.380. The van der Waals surface area contributed by atoms with Crippen LogP contribution in [0.5, 0.6) is 0 Å². The molecule has 0 bridgehead atoms. The van der Waals surface area contributed by atoms with Crippen LogP contribution in [0.1, 0.15) is 24.8 Å². The zero-order valence-corrected chi connectivity index (χ0v) is 12.5. The molecule has 1 fully saturated rings. The lowest BCUT2D eigenvalue weighted by Crippen LogP contribution is -2.37. The minimum atomic E-state index is 0.692. The largest absolute Gasteiger partial charge is 0.316 e. The highest BCUT2D eigenvalue weighted by atomic mass is 79.9. The molecule has 1 saturated heterocycles. The summed E-state index contributed by atoms with van der Waals surface area (Å²) in [6.45, 7) is 2.33. The fourth-order valence-electron chi connectivity index (χ4n) is 3.02. The van der Waals surface area contributed by atoms with E-state index < -0.39 is 0 Å². The van der Waals surface area contributed by atoms with Crippen molar-refractivity contribution in [2.45, 2.75) is 19.3 Å². The number of hydrogen-bond donors (Lipinski definition) is 1. The van der Waals surface area contributed by atoms with Gasteiger partial charge in [-0.1, -0.05) is 17.7 Å². The van der Waals surface area contributed by atoms with Gasteiger partial charge in [-0.25, -0.2) is 4.98 Å². The Morgan fingerprint density at radius 1 is 1.39 bits per heavy atom. The summed E-state index contributed by atoms with van der Waals surface area (Å²) >= 11 is 9.46. The predicted molar refractivity (Wildman–Crippen MR) is 78.6 cm³/mol. The fraction of sp³-hybridized carbons (Fsp3) is 0.500. The molecule has 2 unspecified atom stereocenters. The Morgan fingerprint density at radius 2 is 2.28 bits per heavy atom. The molecule has 2 atom stereocenters. The SMILES string of the molecule is Clc1cc(C2=CCC3CCNCC3C2)cnc1Br. The molecule has 1 N–H and O–H groups in total. The summed E-state index contributed by atoms with van der Waals surface area (Å²) in [7, 11) is 0. The Bertz CT molecular complexity index is 487. The van der Waals surface area contributed by atoms with Gasteiger partial charge in [0.1, 0.15) is 4.60 Å². The number of rotatable bonds is 1. The van der Waals surface area contributed by atoms with E-state index in [9.17, 15) is 0 Å². The van der Waals surface area contributed by atoms with Crippen LogP contribution in [0.25, 0.3) is 5.57 Å². The molecule has 2 aliphatic rings. The minimum Gasteiger partial charge on any atom is -0.316 e. The van der Waals surface area contributed by atoms with Crippen LogP contribution < -0.4 is 5.32 Å². The normalized spacial score (nSPS) is 27.6. The molecular formula is C14H16BrClN2. The van der Waals surface area contributed by atoms with E-state index in [-0.39, 0.29) is 0 Å². The second kappa shape index (κ2) is 5.32. The van der Waals surface area contributed by atoms with Crippen LogP contribution >= 0.6 is 27.5 Å². The van der Waals surface area contributed by atoms with E-state index in [1.807, 2.05) is 12.3 Å². The van der Waals surface area contributed by atoms with Crippen LogP contribution in [0.15, 0.2) is 22.9 Å². The van der Waals surface area contributed by atoms with Gasteiger partial charge in [-0.05, 0) is 77.3 Å². The maximum Gasteiger partial charge on any atom is 0.124 e. The number of fused-ring (bicyclic) bond motifs is 1. The molecule has 2 heterocycles. The van der Waals surface area contributed by atoms with Gasteiger partial charge in [0.2, 0.25) is 0 Å². The van der Waals surface area contributed by atoms with Crippen LogP contribution in [0, 0.1) is 11.8 Å². The van der Waals surface area contributed by atoms with Crippen molar-refractivity contribution in [3.8, 4) is 0 Å². The molecule has 4 heteroatoms. The third kappa shape index (κ3) is 2.49. The van der Waals surface area contributed by atoms with E-state index in [1.54, 1.807) is 0 Å². The van der Waals surface area contributed by atoms with Gasteiger partial charge in [0.25, 0.3) is 0 Å². The quantitative estimate of drug-likeness (QED) is 0.791. The first-order valence-electron chi connectivity index (χ1n) is 6.45. The molecule has 1 aliphatic heterocycles. The van der Waals surface area contributed by atoms with Crippen molar-refractivity contribution in [3.63, 3.8) is 0 Å². The summed E-state index contributed by atoms with van der Waals surface area (Å²) in [5.41, 5.74) is 2.58. The van der Waals surface area contributed by atoms with E-state index in [0.717, 1.165) is 29.4 Å². The zero-order chi connectivity index (χ0) is 12.5. The van der Waals surface area contributed by atoms with Gasteiger partial charge in [0, 0.05) is 6.20 Å². The smallest absolute Gasteiger partial charge is 0.124 e. The highest BCUT2D eigenvalue weighted by Crippen LogP contribution is 2.38. The van der Waals surface area contributed by atoms with Gasteiger partial charge in [-0.2, -0.15) is 0 Å². The number of hydrogen-bond acceptors (Lipinski definition) is 2. The topological polar surface area (TPSA) is 24.9 Å². The molecule has 0 saturated carbocycles. The third-order valence-corrected chi connectivity index (χ3v) is 5.23. The van der Waals surface area contributed by atoms with E-state index in [2.05, 4.69) is 32.3 Å². The molecule has 96 valence electrons. The molecule has 1 aromatic rings. The molecule has 0 radical (unpaired) electrons. The van der Waals surface area contributed by atoms with Crippen molar-refractivity contribution in [3.05, 3.63) is 33.5 Å². The second-order valence-electron chi connectivity index (χ2n) is 5.18. The Balaban J connectivity index is 1.84. The van der Waals surface area contributed by atoms with E-state index >= 15 is 0 Å². The minimum absolute atomic E-state index is 0.692. The third-order valence-electron chi connectivity index (χ3n) is 4.08. The lowest BCUT2D eigenvalue weighted by atomic mass is 9.75. The van der Waals surface area contributed by atoms with Crippen LogP contribution in [0.2, 0.25) is 5.02 Å². The van der Waals surface area contributed by atoms with Crippen molar-refractivity contribution in [2.24, 2.45) is 11.8 Å². The number of allylic oxidation sites excluding steroid dienone is 2. The summed E-state index contributed by atoms with van der Waals surface area (Å²) in [6, 6.07) is 2.01. The number of piperidine rings is 1. The first-order valence-corrected chi connectivity index (χ1v) is 7.62. The first-order chi connectivity index (χ1) is 8.74. The summed E-state index contributed by atoms with van der Waals surface area (Å²) in [5, 5.41) is 4.19. The van der Waals surface area contributed by atoms with Crippen molar-refractivity contribution in [2.75, 3.05) is 13.1 Å². The molecule has 0 amide bonds. The average Bonchev–Trinajstić information content (AvgIpc) is 2.41. The van der Waals surface area contributed by atoms with Crippen LogP contribution in [0.4, 0.5) is 0 Å². The number of aromatic nitrogens is 1. The number of pyridine rings is 1. The number of nitrogens with one attached hydrogen (secondary N) is 1. The van der Waals surface area contributed by atoms with Crippen molar-refractivity contribution in [1.29, 1.82) is 0 Å². The second-order valence-corrected chi connectivity index (χ2v) is 6.34. The average molecular weight is 328 g/mol. The molecule has 2 nitrogen and oxygen atoms in total. The molecule has 0 spiro atoms. The van der Waals surface area contributed by atoms with Gasteiger partial charge in [-0.3, -0.25) is 0 Å². The van der Waals surface area contributed by atoms with Gasteiger partial charge in [-0.15, -0.1) is 0 Å². The van der Waals surface area contributed by atoms with E-state index in [0.29, 0.717) is 5.02 Å². The van der Waals surface area contributed by atoms with Crippen LogP contribution in [-0.4, -0.2) is 18.1 Å². The summed E-state index contributed by atoms with van der Waals surface area (Å²) in [5.74, 6) is 1.65. The zero-order valence-electron chi connectivity index (χ0n) is 10.1. The number of halogens is 2. The van der Waals surface area contributed by atoms with E-state index in [1.165, 1.54) is 30.5 Å². The van der Waals surface area contributed by atoms with Gasteiger partial charge < -0.3 is 5.32 Å². The van der Waals surface area contributed by atoms with Crippen molar-refractivity contribution in [1.82, 2.24) is 10.3 Å². The van der Waals surface area contributed by atoms with Crippen LogP contribution in [-0.2, 0) is 0 Å². The molecule has 1 aliphatic carbocycles. The Kier molecular flexibility index (Phi) is 3.73. The number of nitrogens with zero attached hydrogens (tertiary/aromatic N) is 1. The van der Waals surface area contributed by atoms with Gasteiger partial charge >= 0.3 is 0 Å². The molecule has 0 aromatic carbocycles. The maximum atomic E-state index is 6.12. The highest BCUT2D eigenvalue weighted by Gasteiger charge is 2.28. The lowest BCUT2D eigenvalue weighted by molar-refractivity contribution is 0.252. The van der Waals surface area contributed by atoms with E-state index in [4.69, 9.17) is 11.6 Å². The van der Waals surface area contributed by atoms with Crippen LogP contribution in [0.3, 0.4) is 0 Å². The monoisotopic (exact) mass is 326 g/mol. The van der Waals surface area contributed by atoms with Crippen molar-refractivity contribution < 1.29 is 0 Å². The highest BCUT2D eigenvalue weighted by molar-refractivity contribution is 9.10. The fourth-order valence-corrected chi connectivity index (χ4v) is 3.40. The molecule has 1 aromatic heterocycles. The maximum absolute atomic E-state index is 6.12. The van der Waals surface area contributed by atoms with Gasteiger partial charge in [0.05, 0.1) is 5.02 Å². The molecule has 3 rings (SSSR count). The van der Waals surface area contributed by atoms with Gasteiger partial charge in [0.15, 0.2) is 0 Å². The Morgan fingerprint density at radius 3 is 3.11 bits per heavy atom. The summed E-state index contributed by atoms with van der Waals surface area (Å²) < 4.78 is 0.724. The first kappa shape index (κ1) is 12.6. The Labute approximate surface area is 121 Å². The summed E-state index contributed by atoms with van der Waals surface area (Å²) in [4.78, 5) is 4.29. The van der Waals surface area contributed by atoms with Crippen molar-refractivity contribution >= 4 is 33.1 Å². The molecular weight excluding hydrogens is 312 g/mol. The lowest BCUT2D eigenvalue weighted by Gasteiger charge is -2.35. The molecule has 18 heavy (non-hydrogen) atoms. The predicted octanol–water partition coefficient (Wildman–Crippen LogP) is 3.90. The summed E-state index contributed by atoms with van der Waals surface area (Å²) in [6.07, 6.45) is 7.96.